The molecule has 25 heavy (non-hydrogen) atoms. The van der Waals surface area contributed by atoms with Crippen molar-refractivity contribution in [2.45, 2.75) is 26.7 Å². The predicted molar refractivity (Wildman–Crippen MR) is 88.7 cm³/mol. The van der Waals surface area contributed by atoms with E-state index in [2.05, 4.69) is 20.8 Å². The van der Waals surface area contributed by atoms with Gasteiger partial charge in [-0.15, -0.1) is 5.10 Å². The van der Waals surface area contributed by atoms with Crippen molar-refractivity contribution in [1.29, 1.82) is 0 Å². The van der Waals surface area contributed by atoms with Gasteiger partial charge in [0.05, 0.1) is 12.5 Å². The predicted octanol–water partition coefficient (Wildman–Crippen LogP) is 1.29. The third-order valence-electron chi connectivity index (χ3n) is 4.43. The summed E-state index contributed by atoms with van der Waals surface area (Å²) in [5.41, 5.74) is -0.103. The molecule has 0 bridgehead atoms. The van der Waals surface area contributed by atoms with Crippen molar-refractivity contribution in [3.8, 4) is 11.4 Å². The molecule has 0 radical (unpaired) electrons. The molecule has 2 N–H and O–H groups in total. The third-order valence-corrected chi connectivity index (χ3v) is 4.43. The molecule has 0 aliphatic rings. The molecule has 9 nitrogen and oxygen atoms in total. The summed E-state index contributed by atoms with van der Waals surface area (Å²) < 4.78 is 6.64. The third kappa shape index (κ3) is 3.76. The average molecular weight is 347 g/mol. The first-order valence-corrected chi connectivity index (χ1v) is 7.90. The van der Waals surface area contributed by atoms with Crippen LogP contribution in [0, 0.1) is 5.41 Å². The molecule has 0 fully saturated rings. The number of hydrogen-bond donors (Lipinski definition) is 2. The van der Waals surface area contributed by atoms with Gasteiger partial charge < -0.3 is 15.2 Å². The van der Waals surface area contributed by atoms with Crippen LogP contribution in [0.2, 0.25) is 0 Å². The quantitative estimate of drug-likeness (QED) is 0.738. The minimum atomic E-state index is -0.971. The van der Waals surface area contributed by atoms with Crippen molar-refractivity contribution in [3.05, 3.63) is 30.1 Å². The van der Waals surface area contributed by atoms with Gasteiger partial charge in [-0.05, 0) is 41.5 Å². The minimum Gasteiger partial charge on any atom is -0.494 e. The van der Waals surface area contributed by atoms with E-state index in [-0.39, 0.29) is 12.5 Å². The van der Waals surface area contributed by atoms with Gasteiger partial charge in [-0.2, -0.15) is 4.68 Å². The van der Waals surface area contributed by atoms with E-state index in [9.17, 15) is 14.7 Å². The Balaban J connectivity index is 2.23. The van der Waals surface area contributed by atoms with Crippen molar-refractivity contribution < 1.29 is 19.4 Å². The summed E-state index contributed by atoms with van der Waals surface area (Å²) in [6, 6.07) is 4.82. The second-order valence-corrected chi connectivity index (χ2v) is 5.62. The van der Waals surface area contributed by atoms with Crippen LogP contribution in [0.4, 0.5) is 0 Å². The number of carbonyl (C=O) groups is 2. The lowest BCUT2D eigenvalue weighted by atomic mass is 9.82. The van der Waals surface area contributed by atoms with Crippen LogP contribution in [0.3, 0.4) is 0 Å². The first-order valence-electron chi connectivity index (χ1n) is 7.90. The number of aromatic nitrogens is 4. The fraction of sp³-hybridized carbons (Fsp3) is 0.438. The number of methoxy groups -OCH3 is 1. The summed E-state index contributed by atoms with van der Waals surface area (Å²) in [5.74, 6) is -0.780. The highest BCUT2D eigenvalue weighted by atomic mass is 16.5. The van der Waals surface area contributed by atoms with Gasteiger partial charge in [0, 0.05) is 12.1 Å². The van der Waals surface area contributed by atoms with Crippen molar-refractivity contribution in [1.82, 2.24) is 25.5 Å². The smallest absolute Gasteiger partial charge is 0.311 e. The highest BCUT2D eigenvalue weighted by Crippen LogP contribution is 2.26. The van der Waals surface area contributed by atoms with Crippen LogP contribution in [0.5, 0.6) is 5.75 Å². The zero-order valence-electron chi connectivity index (χ0n) is 14.4. The van der Waals surface area contributed by atoms with Gasteiger partial charge in [0.15, 0.2) is 0 Å². The molecule has 134 valence electrons. The van der Waals surface area contributed by atoms with E-state index in [1.807, 2.05) is 0 Å². The molecule has 0 spiro atoms. The maximum atomic E-state index is 12.5. The first kappa shape index (κ1) is 18.4. The number of ether oxygens (including phenoxy) is 1. The first-order chi connectivity index (χ1) is 12.0. The van der Waals surface area contributed by atoms with Crippen LogP contribution >= 0.6 is 0 Å². The summed E-state index contributed by atoms with van der Waals surface area (Å²) in [4.78, 5) is 24.0. The number of hydrogen-bond acceptors (Lipinski definition) is 6. The Morgan fingerprint density at radius 2 is 2.04 bits per heavy atom. The van der Waals surface area contributed by atoms with E-state index < -0.39 is 11.4 Å². The molecule has 0 saturated heterocycles. The lowest BCUT2D eigenvalue weighted by molar-refractivity contribution is -0.149. The molecular weight excluding hydrogens is 326 g/mol. The Kier molecular flexibility index (Phi) is 5.68. The summed E-state index contributed by atoms with van der Waals surface area (Å²) in [6.07, 6.45) is 2.25. The average Bonchev–Trinajstić information content (AvgIpc) is 3.16. The monoisotopic (exact) mass is 347 g/mol. The number of carbonyl (C=O) groups excluding carboxylic acids is 1. The number of amides is 1. The maximum absolute atomic E-state index is 12.5. The topological polar surface area (TPSA) is 119 Å². The van der Waals surface area contributed by atoms with Gasteiger partial charge in [-0.3, -0.25) is 9.59 Å². The number of nitrogens with one attached hydrogen (secondary N) is 1. The summed E-state index contributed by atoms with van der Waals surface area (Å²) in [7, 11) is 1.51. The molecule has 1 aromatic carbocycles. The fourth-order valence-corrected chi connectivity index (χ4v) is 2.51. The molecular formula is C16H21N5O4. The van der Waals surface area contributed by atoms with E-state index >= 15 is 0 Å². The summed E-state index contributed by atoms with van der Waals surface area (Å²) in [5, 5.41) is 23.1. The molecule has 0 atom stereocenters. The molecule has 9 heteroatoms. The Hall–Kier alpha value is -2.97. The molecule has 1 aromatic heterocycles. The molecule has 1 heterocycles. The molecule has 0 aliphatic heterocycles. The fourth-order valence-electron chi connectivity index (χ4n) is 2.51. The zero-order chi connectivity index (χ0) is 18.4. The van der Waals surface area contributed by atoms with Gasteiger partial charge >= 0.3 is 5.97 Å². The standard InChI is InChI=1S/C16H21N5O4/c1-4-16(5-2,15(23)24)9-17-14(22)11-6-7-13(25-3)12(8-11)21-10-18-19-20-21/h6-8,10H,4-5,9H2,1-3H3,(H,17,22)(H,23,24). The van der Waals surface area contributed by atoms with Gasteiger partial charge in [0.2, 0.25) is 0 Å². The number of rotatable bonds is 8. The molecule has 2 rings (SSSR count). The van der Waals surface area contributed by atoms with E-state index in [1.54, 1.807) is 32.0 Å². The highest BCUT2D eigenvalue weighted by molar-refractivity contribution is 5.95. The summed E-state index contributed by atoms with van der Waals surface area (Å²) >= 11 is 0. The Morgan fingerprint density at radius 1 is 1.32 bits per heavy atom. The zero-order valence-corrected chi connectivity index (χ0v) is 14.4. The Morgan fingerprint density at radius 3 is 2.56 bits per heavy atom. The second-order valence-electron chi connectivity index (χ2n) is 5.62. The van der Waals surface area contributed by atoms with Gasteiger partial charge in [0.25, 0.3) is 5.91 Å². The van der Waals surface area contributed by atoms with E-state index in [1.165, 1.54) is 18.1 Å². The van der Waals surface area contributed by atoms with Crippen LogP contribution in [-0.4, -0.2) is 50.8 Å². The minimum absolute atomic E-state index is 0.0560. The van der Waals surface area contributed by atoms with Crippen LogP contribution in [0.25, 0.3) is 5.69 Å². The Bertz CT molecular complexity index is 741. The lowest BCUT2D eigenvalue weighted by Gasteiger charge is -2.26. The van der Waals surface area contributed by atoms with Gasteiger partial charge in [0.1, 0.15) is 17.8 Å². The number of benzene rings is 1. The number of carboxylic acid groups (broad SMARTS) is 1. The van der Waals surface area contributed by atoms with Crippen molar-refractivity contribution in [2.75, 3.05) is 13.7 Å². The number of tetrazole rings is 1. The summed E-state index contributed by atoms with van der Waals surface area (Å²) in [6.45, 7) is 3.65. The molecule has 1 amide bonds. The van der Waals surface area contributed by atoms with Gasteiger partial charge in [-0.25, -0.2) is 0 Å². The van der Waals surface area contributed by atoms with Gasteiger partial charge in [-0.1, -0.05) is 13.8 Å². The largest absolute Gasteiger partial charge is 0.494 e. The number of aliphatic carboxylic acids is 1. The van der Waals surface area contributed by atoms with Crippen LogP contribution in [0.1, 0.15) is 37.0 Å². The molecule has 0 saturated carbocycles. The maximum Gasteiger partial charge on any atom is 0.311 e. The van der Waals surface area contributed by atoms with E-state index in [0.29, 0.717) is 29.8 Å². The second kappa shape index (κ2) is 7.73. The van der Waals surface area contributed by atoms with Crippen LogP contribution < -0.4 is 10.1 Å². The number of nitrogens with zero attached hydrogens (tertiary/aromatic N) is 4. The van der Waals surface area contributed by atoms with Crippen molar-refractivity contribution in [2.24, 2.45) is 5.41 Å². The van der Waals surface area contributed by atoms with Crippen LogP contribution in [0.15, 0.2) is 24.5 Å². The highest BCUT2D eigenvalue weighted by Gasteiger charge is 2.35. The van der Waals surface area contributed by atoms with Crippen LogP contribution in [-0.2, 0) is 4.79 Å². The molecule has 0 unspecified atom stereocenters. The van der Waals surface area contributed by atoms with Crippen molar-refractivity contribution >= 4 is 11.9 Å². The Labute approximate surface area is 145 Å². The lowest BCUT2D eigenvalue weighted by Crippen LogP contribution is -2.42. The molecule has 2 aromatic rings. The normalized spacial score (nSPS) is 11.2. The van der Waals surface area contributed by atoms with E-state index in [0.717, 1.165) is 0 Å². The SMILES string of the molecule is CCC(CC)(CNC(=O)c1ccc(OC)c(-n2cnnn2)c1)C(=O)O. The molecule has 0 aliphatic carbocycles. The van der Waals surface area contributed by atoms with Crippen molar-refractivity contribution in [3.63, 3.8) is 0 Å². The number of carboxylic acids is 1. The van der Waals surface area contributed by atoms with E-state index in [4.69, 9.17) is 4.74 Å².